The molecule has 0 saturated heterocycles. The molecule has 0 spiro atoms. The highest BCUT2D eigenvalue weighted by atomic mass is 32.2. The Balaban J connectivity index is 1.35. The van der Waals surface area contributed by atoms with Gasteiger partial charge in [0, 0.05) is 30.1 Å². The van der Waals surface area contributed by atoms with E-state index in [1.165, 1.54) is 55.8 Å². The van der Waals surface area contributed by atoms with Crippen LogP contribution in [0.5, 0.6) is 33.9 Å². The first kappa shape index (κ1) is 29.2. The number of nitrogens with one attached hydrogen (secondary N) is 1. The number of aromatic nitrogens is 2. The van der Waals surface area contributed by atoms with Gasteiger partial charge in [-0.2, -0.15) is 0 Å². The molecule has 1 N–H and O–H groups in total. The first-order valence-electron chi connectivity index (χ1n) is 12.5. The number of amides is 1. The van der Waals surface area contributed by atoms with E-state index in [1.807, 2.05) is 0 Å². The highest BCUT2D eigenvalue weighted by molar-refractivity contribution is 7.90. The molecule has 43 heavy (non-hydrogen) atoms. The number of pyridine rings is 1. The standard InChI is InChI=1S/C30H23N3O8S2/c1-38-29(35)19-6-5-7-22(14-19)41-27-18-32-30(42-27)33-28(34)20-15-23(17-24(16-20)40-26-8-3-4-13-31-26)39-21-9-11-25(12-10-21)43(2,36)37/h3-18H,1-2H3,(H,32,33,34). The minimum atomic E-state index is -3.37. The summed E-state index contributed by atoms with van der Waals surface area (Å²) in [5.41, 5.74) is 0.523. The van der Waals surface area contributed by atoms with Crippen LogP contribution < -0.4 is 19.5 Å². The zero-order valence-electron chi connectivity index (χ0n) is 22.7. The van der Waals surface area contributed by atoms with Gasteiger partial charge in [0.15, 0.2) is 15.0 Å². The summed E-state index contributed by atoms with van der Waals surface area (Å²) in [6, 6.07) is 22.1. The minimum Gasteiger partial charge on any atom is -0.465 e. The zero-order chi connectivity index (χ0) is 30.4. The van der Waals surface area contributed by atoms with Crippen LogP contribution in [0.2, 0.25) is 0 Å². The lowest BCUT2D eigenvalue weighted by atomic mass is 10.2. The third-order valence-corrected chi connectivity index (χ3v) is 7.59. The van der Waals surface area contributed by atoms with Crippen molar-refractivity contribution in [3.8, 4) is 33.9 Å². The average molecular weight is 618 g/mol. The molecule has 0 aliphatic rings. The summed E-state index contributed by atoms with van der Waals surface area (Å²) in [6.07, 6.45) is 4.13. The Morgan fingerprint density at radius 1 is 0.767 bits per heavy atom. The van der Waals surface area contributed by atoms with E-state index in [1.54, 1.807) is 48.7 Å². The number of hydrogen-bond acceptors (Lipinski definition) is 11. The van der Waals surface area contributed by atoms with E-state index in [2.05, 4.69) is 15.3 Å². The predicted molar refractivity (Wildman–Crippen MR) is 158 cm³/mol. The number of rotatable bonds is 10. The minimum absolute atomic E-state index is 0.148. The molecule has 0 bridgehead atoms. The Hall–Kier alpha value is -5.27. The SMILES string of the molecule is COC(=O)c1cccc(Oc2cnc(NC(=O)c3cc(Oc4ccc(S(C)(=O)=O)cc4)cc(Oc4ccccn4)c3)s2)c1. The van der Waals surface area contributed by atoms with Crippen molar-refractivity contribution in [2.75, 3.05) is 18.7 Å². The molecule has 11 nitrogen and oxygen atoms in total. The Morgan fingerprint density at radius 2 is 1.51 bits per heavy atom. The summed E-state index contributed by atoms with van der Waals surface area (Å²) in [5, 5.41) is 3.37. The van der Waals surface area contributed by atoms with Crippen molar-refractivity contribution in [3.05, 3.63) is 108 Å². The third kappa shape index (κ3) is 7.72. The molecule has 0 fully saturated rings. The number of methoxy groups -OCH3 is 1. The number of carbonyl (C=O) groups excluding carboxylic acids is 2. The van der Waals surface area contributed by atoms with Gasteiger partial charge in [0.2, 0.25) is 10.9 Å². The molecule has 2 heterocycles. The summed E-state index contributed by atoms with van der Waals surface area (Å²) in [7, 11) is -2.08. The van der Waals surface area contributed by atoms with Crippen molar-refractivity contribution >= 4 is 38.2 Å². The van der Waals surface area contributed by atoms with E-state index in [0.717, 1.165) is 17.6 Å². The lowest BCUT2D eigenvalue weighted by molar-refractivity contribution is 0.0600. The number of ether oxygens (including phenoxy) is 4. The lowest BCUT2D eigenvalue weighted by Crippen LogP contribution is -2.12. The van der Waals surface area contributed by atoms with Crippen LogP contribution in [0.25, 0.3) is 0 Å². The highest BCUT2D eigenvalue weighted by Gasteiger charge is 2.16. The fourth-order valence-corrected chi connectivity index (χ4v) is 5.01. The van der Waals surface area contributed by atoms with Crippen LogP contribution in [-0.4, -0.2) is 43.6 Å². The maximum atomic E-state index is 13.3. The smallest absolute Gasteiger partial charge is 0.337 e. The lowest BCUT2D eigenvalue weighted by Gasteiger charge is -2.12. The molecule has 218 valence electrons. The van der Waals surface area contributed by atoms with Crippen LogP contribution in [0.1, 0.15) is 20.7 Å². The molecule has 1 amide bonds. The van der Waals surface area contributed by atoms with Gasteiger partial charge in [-0.25, -0.2) is 23.2 Å². The first-order chi connectivity index (χ1) is 20.7. The summed E-state index contributed by atoms with van der Waals surface area (Å²) < 4.78 is 45.9. The predicted octanol–water partition coefficient (Wildman–Crippen LogP) is 6.36. The molecular formula is C30H23N3O8S2. The maximum Gasteiger partial charge on any atom is 0.337 e. The van der Waals surface area contributed by atoms with Crippen LogP contribution in [0, 0.1) is 0 Å². The van der Waals surface area contributed by atoms with E-state index < -0.39 is 21.7 Å². The van der Waals surface area contributed by atoms with Gasteiger partial charge in [-0.3, -0.25) is 10.1 Å². The van der Waals surface area contributed by atoms with Gasteiger partial charge in [-0.05, 0) is 60.7 Å². The fourth-order valence-electron chi connectivity index (χ4n) is 3.69. The Kier molecular flexibility index (Phi) is 8.64. The summed E-state index contributed by atoms with van der Waals surface area (Å²) in [5.74, 6) is 0.606. The largest absolute Gasteiger partial charge is 0.465 e. The van der Waals surface area contributed by atoms with Crippen molar-refractivity contribution in [2.45, 2.75) is 4.90 Å². The van der Waals surface area contributed by atoms with E-state index in [0.29, 0.717) is 28.0 Å². The number of carbonyl (C=O) groups is 2. The van der Waals surface area contributed by atoms with Gasteiger partial charge in [0.1, 0.15) is 23.0 Å². The topological polar surface area (TPSA) is 143 Å². The zero-order valence-corrected chi connectivity index (χ0v) is 24.3. The molecule has 0 aliphatic heterocycles. The quantitative estimate of drug-likeness (QED) is 0.176. The number of sulfone groups is 1. The van der Waals surface area contributed by atoms with E-state index >= 15 is 0 Å². The Labute approximate surface area is 250 Å². The van der Waals surface area contributed by atoms with Crippen LogP contribution in [0.4, 0.5) is 5.13 Å². The van der Waals surface area contributed by atoms with Gasteiger partial charge >= 0.3 is 5.97 Å². The van der Waals surface area contributed by atoms with E-state index in [-0.39, 0.29) is 27.1 Å². The number of anilines is 1. The Morgan fingerprint density at radius 3 is 2.21 bits per heavy atom. The second-order valence-electron chi connectivity index (χ2n) is 8.87. The van der Waals surface area contributed by atoms with Crippen LogP contribution in [-0.2, 0) is 14.6 Å². The van der Waals surface area contributed by atoms with Crippen LogP contribution >= 0.6 is 11.3 Å². The number of esters is 1. The van der Waals surface area contributed by atoms with Crippen LogP contribution in [0.15, 0.2) is 102 Å². The fraction of sp³-hybridized carbons (Fsp3) is 0.0667. The Bertz CT molecular complexity index is 1880. The number of nitrogens with zero attached hydrogens (tertiary/aromatic N) is 2. The summed E-state index contributed by atoms with van der Waals surface area (Å²) >= 11 is 1.08. The van der Waals surface area contributed by atoms with Gasteiger partial charge < -0.3 is 18.9 Å². The molecule has 0 radical (unpaired) electrons. The third-order valence-electron chi connectivity index (χ3n) is 5.67. The molecule has 0 unspecified atom stereocenters. The van der Waals surface area contributed by atoms with Gasteiger partial charge in [-0.15, -0.1) is 0 Å². The van der Waals surface area contributed by atoms with Crippen LogP contribution in [0.3, 0.4) is 0 Å². The second-order valence-corrected chi connectivity index (χ2v) is 11.9. The number of benzene rings is 3. The first-order valence-corrected chi connectivity index (χ1v) is 15.2. The molecular weight excluding hydrogens is 594 g/mol. The van der Waals surface area contributed by atoms with Gasteiger partial charge in [0.25, 0.3) is 5.91 Å². The van der Waals surface area contributed by atoms with Crippen molar-refractivity contribution < 1.29 is 37.0 Å². The second kappa shape index (κ2) is 12.7. The van der Waals surface area contributed by atoms with E-state index in [9.17, 15) is 18.0 Å². The molecule has 0 atom stereocenters. The number of thiazole rings is 1. The molecule has 5 aromatic rings. The normalized spacial score (nSPS) is 10.9. The maximum absolute atomic E-state index is 13.3. The van der Waals surface area contributed by atoms with Crippen molar-refractivity contribution in [2.24, 2.45) is 0 Å². The molecule has 2 aromatic heterocycles. The molecule has 0 saturated carbocycles. The van der Waals surface area contributed by atoms with Gasteiger partial charge in [-0.1, -0.05) is 23.5 Å². The summed E-state index contributed by atoms with van der Waals surface area (Å²) in [4.78, 5) is 33.6. The average Bonchev–Trinajstić information content (AvgIpc) is 3.43. The van der Waals surface area contributed by atoms with E-state index in [4.69, 9.17) is 18.9 Å². The summed E-state index contributed by atoms with van der Waals surface area (Å²) in [6.45, 7) is 0. The molecule has 13 heteroatoms. The monoisotopic (exact) mass is 617 g/mol. The van der Waals surface area contributed by atoms with Crippen molar-refractivity contribution in [1.29, 1.82) is 0 Å². The number of hydrogen-bond donors (Lipinski definition) is 1. The molecule has 5 rings (SSSR count). The molecule has 0 aliphatic carbocycles. The van der Waals surface area contributed by atoms with Crippen molar-refractivity contribution in [1.82, 2.24) is 9.97 Å². The highest BCUT2D eigenvalue weighted by Crippen LogP contribution is 2.33. The van der Waals surface area contributed by atoms with Gasteiger partial charge in [0.05, 0.1) is 23.8 Å². The van der Waals surface area contributed by atoms with Crippen molar-refractivity contribution in [3.63, 3.8) is 0 Å². The molecule has 3 aromatic carbocycles.